The lowest BCUT2D eigenvalue weighted by Gasteiger charge is -2.26. The summed E-state index contributed by atoms with van der Waals surface area (Å²) in [6.07, 6.45) is 5.78. The van der Waals surface area contributed by atoms with E-state index < -0.39 is 0 Å². The summed E-state index contributed by atoms with van der Waals surface area (Å²) in [5, 5.41) is 16.0. The molecule has 3 aromatic rings. The van der Waals surface area contributed by atoms with Crippen LogP contribution in [-0.2, 0) is 24.8 Å². The van der Waals surface area contributed by atoms with E-state index in [2.05, 4.69) is 20.6 Å². The third-order valence-electron chi connectivity index (χ3n) is 6.48. The molecule has 6 rings (SSSR count). The van der Waals surface area contributed by atoms with E-state index in [0.29, 0.717) is 37.8 Å². The first-order valence-corrected chi connectivity index (χ1v) is 11.9. The van der Waals surface area contributed by atoms with E-state index >= 15 is 0 Å². The topological polar surface area (TPSA) is 105 Å². The maximum Gasteiger partial charge on any atom is 0.272 e. The fourth-order valence-electron chi connectivity index (χ4n) is 4.41. The number of ether oxygens (including phenoxy) is 3. The Bertz CT molecular complexity index is 1200. The molecule has 1 unspecified atom stereocenters. The molecule has 4 heterocycles. The van der Waals surface area contributed by atoms with Gasteiger partial charge in [-0.05, 0) is 48.9 Å². The number of aryl methyl sites for hydroxylation is 2. The zero-order valence-electron chi connectivity index (χ0n) is 19.1. The minimum absolute atomic E-state index is 0.00519. The molecule has 1 fully saturated rings. The molecule has 1 aliphatic carbocycles. The minimum Gasteiger partial charge on any atom is -0.491 e. The van der Waals surface area contributed by atoms with Gasteiger partial charge in [0.1, 0.15) is 24.2 Å². The highest BCUT2D eigenvalue weighted by atomic mass is 16.5. The molecule has 0 bridgehead atoms. The maximum atomic E-state index is 12.9. The first kappa shape index (κ1) is 21.2. The van der Waals surface area contributed by atoms with Crippen LogP contribution in [0.1, 0.15) is 35.3 Å². The molecule has 178 valence electrons. The molecule has 3 aliphatic rings. The molecular formula is C24H28N6O4. The number of carbonyl (C=O) groups excluding carboxylic acids is 1. The second kappa shape index (κ2) is 8.75. The number of rotatable bonds is 7. The standard InChI is InChI=1S/C24H28N6O4/c1-29-25-11-21(27-29)16-4-5-22-17(8-16)9-18(13-33-22)26-24(31)20-10-23-30(28-20)7-6-19(34-23)14-32-12-15-2-3-15/h4-5,8,10-11,15,18-19H,2-3,6-7,9,12-14H2,1H3,(H,26,31)/t18-,19?/m1/s1. The molecule has 1 saturated carbocycles. The van der Waals surface area contributed by atoms with Crippen molar-refractivity contribution < 1.29 is 19.0 Å². The predicted molar refractivity (Wildman–Crippen MR) is 122 cm³/mol. The van der Waals surface area contributed by atoms with Crippen LogP contribution in [0.4, 0.5) is 0 Å². The van der Waals surface area contributed by atoms with Crippen molar-refractivity contribution in [3.63, 3.8) is 0 Å². The zero-order valence-corrected chi connectivity index (χ0v) is 19.1. The SMILES string of the molecule is Cn1ncc(-c2ccc3c(c2)C[C@@H](NC(=O)c2cc4n(n2)CCC(COCC2CC2)O4)CO3)n1. The number of amides is 1. The molecular weight excluding hydrogens is 436 g/mol. The molecule has 2 atom stereocenters. The van der Waals surface area contributed by atoms with Crippen molar-refractivity contribution in [1.82, 2.24) is 30.1 Å². The number of fused-ring (bicyclic) bond motifs is 2. The highest BCUT2D eigenvalue weighted by Gasteiger charge is 2.28. The van der Waals surface area contributed by atoms with Gasteiger partial charge in [-0.2, -0.15) is 20.1 Å². The largest absolute Gasteiger partial charge is 0.491 e. The number of nitrogens with one attached hydrogen (secondary N) is 1. The highest BCUT2D eigenvalue weighted by molar-refractivity contribution is 5.92. The van der Waals surface area contributed by atoms with Gasteiger partial charge < -0.3 is 19.5 Å². The van der Waals surface area contributed by atoms with E-state index in [9.17, 15) is 4.79 Å². The molecule has 2 aliphatic heterocycles. The van der Waals surface area contributed by atoms with Gasteiger partial charge >= 0.3 is 0 Å². The van der Waals surface area contributed by atoms with E-state index in [0.717, 1.165) is 41.5 Å². The van der Waals surface area contributed by atoms with Crippen LogP contribution in [0, 0.1) is 5.92 Å². The molecule has 10 nitrogen and oxygen atoms in total. The number of hydrogen-bond acceptors (Lipinski definition) is 7. The number of nitrogens with zero attached hydrogens (tertiary/aromatic N) is 5. The van der Waals surface area contributed by atoms with E-state index in [1.165, 1.54) is 17.6 Å². The third-order valence-corrected chi connectivity index (χ3v) is 6.48. The van der Waals surface area contributed by atoms with Gasteiger partial charge in [-0.25, -0.2) is 4.68 Å². The molecule has 34 heavy (non-hydrogen) atoms. The van der Waals surface area contributed by atoms with Crippen molar-refractivity contribution in [2.75, 3.05) is 19.8 Å². The molecule has 0 saturated heterocycles. The summed E-state index contributed by atoms with van der Waals surface area (Å²) in [5.41, 5.74) is 3.16. The van der Waals surface area contributed by atoms with Crippen molar-refractivity contribution in [3.8, 4) is 22.9 Å². The first-order valence-electron chi connectivity index (χ1n) is 11.9. The number of aromatic nitrogens is 5. The van der Waals surface area contributed by atoms with Crippen LogP contribution in [0.5, 0.6) is 11.6 Å². The average molecular weight is 465 g/mol. The molecule has 1 aromatic carbocycles. The monoisotopic (exact) mass is 464 g/mol. The molecule has 0 spiro atoms. The zero-order chi connectivity index (χ0) is 23.1. The van der Waals surface area contributed by atoms with Crippen molar-refractivity contribution in [1.29, 1.82) is 0 Å². The summed E-state index contributed by atoms with van der Waals surface area (Å²) in [6, 6.07) is 7.53. The van der Waals surface area contributed by atoms with E-state index in [1.54, 1.807) is 24.0 Å². The first-order chi connectivity index (χ1) is 16.6. The third kappa shape index (κ3) is 4.50. The van der Waals surface area contributed by atoms with Gasteiger partial charge in [0.2, 0.25) is 5.88 Å². The second-order valence-electron chi connectivity index (χ2n) is 9.33. The quantitative estimate of drug-likeness (QED) is 0.570. The molecule has 1 N–H and O–H groups in total. The summed E-state index contributed by atoms with van der Waals surface area (Å²) >= 11 is 0. The Balaban J connectivity index is 1.08. The summed E-state index contributed by atoms with van der Waals surface area (Å²) in [4.78, 5) is 14.5. The summed E-state index contributed by atoms with van der Waals surface area (Å²) in [5.74, 6) is 1.96. The van der Waals surface area contributed by atoms with Crippen LogP contribution >= 0.6 is 0 Å². The lowest BCUT2D eigenvalue weighted by molar-refractivity contribution is 0.0221. The fraction of sp³-hybridized carbons (Fsp3) is 0.500. The predicted octanol–water partition coefficient (Wildman–Crippen LogP) is 1.99. The van der Waals surface area contributed by atoms with Crippen LogP contribution < -0.4 is 14.8 Å². The van der Waals surface area contributed by atoms with Gasteiger partial charge in [0.25, 0.3) is 5.91 Å². The van der Waals surface area contributed by atoms with Gasteiger partial charge in [0, 0.05) is 38.2 Å². The van der Waals surface area contributed by atoms with Gasteiger partial charge in [0.15, 0.2) is 5.69 Å². The van der Waals surface area contributed by atoms with Gasteiger partial charge in [0.05, 0.1) is 18.8 Å². The van der Waals surface area contributed by atoms with Crippen molar-refractivity contribution in [3.05, 3.63) is 41.7 Å². The molecule has 10 heteroatoms. The fourth-order valence-corrected chi connectivity index (χ4v) is 4.41. The Kier molecular flexibility index (Phi) is 5.44. The van der Waals surface area contributed by atoms with E-state index in [1.807, 2.05) is 18.2 Å². The highest BCUT2D eigenvalue weighted by Crippen LogP contribution is 2.30. The van der Waals surface area contributed by atoms with Crippen molar-refractivity contribution >= 4 is 5.91 Å². The van der Waals surface area contributed by atoms with Crippen molar-refractivity contribution in [2.45, 2.75) is 44.4 Å². The molecule has 0 radical (unpaired) electrons. The summed E-state index contributed by atoms with van der Waals surface area (Å²) in [6.45, 7) is 2.52. The number of hydrogen-bond donors (Lipinski definition) is 1. The van der Waals surface area contributed by atoms with Crippen LogP contribution in [0.3, 0.4) is 0 Å². The molecule has 1 amide bonds. The van der Waals surface area contributed by atoms with Gasteiger partial charge in [-0.3, -0.25) is 4.79 Å². The lowest BCUT2D eigenvalue weighted by Crippen LogP contribution is -2.42. The van der Waals surface area contributed by atoms with Gasteiger partial charge in [-0.15, -0.1) is 0 Å². The lowest BCUT2D eigenvalue weighted by atomic mass is 9.99. The minimum atomic E-state index is -0.228. The summed E-state index contributed by atoms with van der Waals surface area (Å²) < 4.78 is 19.5. The maximum absolute atomic E-state index is 12.9. The van der Waals surface area contributed by atoms with Crippen LogP contribution in [0.25, 0.3) is 11.3 Å². The normalized spacial score (nSPS) is 21.2. The van der Waals surface area contributed by atoms with Crippen LogP contribution in [0.2, 0.25) is 0 Å². The Morgan fingerprint density at radius 2 is 2.12 bits per heavy atom. The van der Waals surface area contributed by atoms with Gasteiger partial charge in [-0.1, -0.05) is 0 Å². The Morgan fingerprint density at radius 3 is 2.94 bits per heavy atom. The second-order valence-corrected chi connectivity index (χ2v) is 9.33. The van der Waals surface area contributed by atoms with E-state index in [4.69, 9.17) is 14.2 Å². The van der Waals surface area contributed by atoms with Crippen LogP contribution in [0.15, 0.2) is 30.5 Å². The van der Waals surface area contributed by atoms with Crippen LogP contribution in [-0.4, -0.2) is 62.6 Å². The summed E-state index contributed by atoms with van der Waals surface area (Å²) in [7, 11) is 1.79. The molecule has 2 aromatic heterocycles. The Labute approximate surface area is 197 Å². The Hall–Kier alpha value is -3.40. The number of benzene rings is 1. The average Bonchev–Trinajstić information content (AvgIpc) is 3.39. The number of carbonyl (C=O) groups is 1. The smallest absolute Gasteiger partial charge is 0.272 e. The van der Waals surface area contributed by atoms with E-state index in [-0.39, 0.29) is 18.1 Å². The van der Waals surface area contributed by atoms with Crippen molar-refractivity contribution in [2.24, 2.45) is 13.0 Å². The Morgan fingerprint density at radius 1 is 1.21 bits per heavy atom.